The Morgan fingerprint density at radius 3 is 1.86 bits per heavy atom. The molecule has 0 atom stereocenters. The number of amides is 1. The number of Topliss-reactive ketones (excluding diaryl/α,β-unsaturated/α-hetero) is 1. The van der Waals surface area contributed by atoms with Gasteiger partial charge >= 0.3 is 0 Å². The monoisotopic (exact) mass is 101 g/mol. The molecule has 0 aromatic heterocycles. The third-order valence-electron chi connectivity index (χ3n) is 0.547. The largest absolute Gasteiger partial charge is 0.353 e. The van der Waals surface area contributed by atoms with Crippen molar-refractivity contribution in [2.24, 2.45) is 0 Å². The van der Waals surface area contributed by atoms with Gasteiger partial charge in [0, 0.05) is 14.0 Å². The van der Waals surface area contributed by atoms with Crippen molar-refractivity contribution >= 4 is 11.7 Å². The molecule has 1 amide bonds. The number of hydrogen-bond donors (Lipinski definition) is 1. The molecule has 0 heterocycles. The average molecular weight is 101 g/mol. The number of ketones is 1. The maximum Gasteiger partial charge on any atom is 0.286 e. The highest BCUT2D eigenvalue weighted by molar-refractivity contribution is 6.35. The topological polar surface area (TPSA) is 46.2 Å². The zero-order valence-electron chi connectivity index (χ0n) is 4.32. The summed E-state index contributed by atoms with van der Waals surface area (Å²) in [6.07, 6.45) is 0. The van der Waals surface area contributed by atoms with Crippen molar-refractivity contribution < 1.29 is 9.59 Å². The second kappa shape index (κ2) is 2.34. The van der Waals surface area contributed by atoms with E-state index < -0.39 is 11.7 Å². The number of rotatable bonds is 1. The molecular weight excluding hydrogens is 94.0 g/mol. The van der Waals surface area contributed by atoms with Gasteiger partial charge in [-0.1, -0.05) is 0 Å². The van der Waals surface area contributed by atoms with E-state index in [1.165, 1.54) is 14.0 Å². The molecule has 0 aliphatic rings. The molecule has 1 N–H and O–H groups in total. The fraction of sp³-hybridized carbons (Fsp3) is 0.500. The summed E-state index contributed by atoms with van der Waals surface area (Å²) in [6.45, 7) is 1.22. The summed E-state index contributed by atoms with van der Waals surface area (Å²) in [7, 11) is 1.42. The molecule has 0 saturated carbocycles. The lowest BCUT2D eigenvalue weighted by Gasteiger charge is -1.86. The van der Waals surface area contributed by atoms with Crippen LogP contribution in [0, 0.1) is 0 Å². The molecule has 0 radical (unpaired) electrons. The Labute approximate surface area is 41.7 Å². The van der Waals surface area contributed by atoms with E-state index in [9.17, 15) is 9.59 Å². The third-order valence-corrected chi connectivity index (χ3v) is 0.547. The van der Waals surface area contributed by atoms with Crippen LogP contribution in [0.15, 0.2) is 0 Å². The predicted octanol–water partition coefficient (Wildman–Crippen LogP) is -0.679. The lowest BCUT2D eigenvalue weighted by molar-refractivity contribution is -0.136. The molecule has 0 rings (SSSR count). The summed E-state index contributed by atoms with van der Waals surface area (Å²) in [5, 5.41) is 2.18. The van der Waals surface area contributed by atoms with Gasteiger partial charge in [0.1, 0.15) is 0 Å². The van der Waals surface area contributed by atoms with Crippen LogP contribution in [0.2, 0.25) is 0 Å². The van der Waals surface area contributed by atoms with Crippen molar-refractivity contribution in [3.05, 3.63) is 0 Å². The van der Waals surface area contributed by atoms with Gasteiger partial charge in [-0.25, -0.2) is 0 Å². The zero-order chi connectivity index (χ0) is 5.86. The Hall–Kier alpha value is -0.860. The fourth-order valence-electron chi connectivity index (χ4n) is 0.176. The number of carbonyl (C=O) groups excluding carboxylic acids is 2. The van der Waals surface area contributed by atoms with Crippen molar-refractivity contribution in [1.29, 1.82) is 0 Å². The Balaban J connectivity index is 3.58. The average Bonchev–Trinajstić information content (AvgIpc) is 1.65. The summed E-state index contributed by atoms with van der Waals surface area (Å²) in [5.74, 6) is -0.998. The zero-order valence-corrected chi connectivity index (χ0v) is 4.32. The van der Waals surface area contributed by atoms with E-state index in [0.29, 0.717) is 0 Å². The van der Waals surface area contributed by atoms with E-state index in [1.807, 2.05) is 0 Å². The molecule has 0 fully saturated rings. The third kappa shape index (κ3) is 1.92. The minimum atomic E-state index is -0.542. The summed E-state index contributed by atoms with van der Waals surface area (Å²) in [5.41, 5.74) is 0. The number of nitrogens with one attached hydrogen (secondary N) is 1. The van der Waals surface area contributed by atoms with Gasteiger partial charge in [-0.3, -0.25) is 9.59 Å². The first-order valence-corrected chi connectivity index (χ1v) is 1.91. The normalized spacial score (nSPS) is 7.71. The van der Waals surface area contributed by atoms with E-state index in [4.69, 9.17) is 0 Å². The van der Waals surface area contributed by atoms with E-state index in [0.717, 1.165) is 0 Å². The maximum absolute atomic E-state index is 10.1. The van der Waals surface area contributed by atoms with Gasteiger partial charge in [-0.05, 0) is 0 Å². The summed E-state index contributed by atoms with van der Waals surface area (Å²) < 4.78 is 0. The first kappa shape index (κ1) is 6.14. The van der Waals surface area contributed by atoms with Crippen molar-refractivity contribution in [3.8, 4) is 0 Å². The summed E-state index contributed by atoms with van der Waals surface area (Å²) >= 11 is 0. The van der Waals surface area contributed by atoms with E-state index >= 15 is 0 Å². The van der Waals surface area contributed by atoms with E-state index in [2.05, 4.69) is 5.32 Å². The SMILES string of the molecule is CNC(=O)C(C)=O. The summed E-state index contributed by atoms with van der Waals surface area (Å²) in [6, 6.07) is 0. The van der Waals surface area contributed by atoms with Crippen LogP contribution in [0.25, 0.3) is 0 Å². The Kier molecular flexibility index (Phi) is 2.05. The second-order valence-electron chi connectivity index (χ2n) is 1.14. The molecule has 0 aromatic rings. The second-order valence-corrected chi connectivity index (χ2v) is 1.14. The standard InChI is InChI=1S/C4H7NO2/c1-3(6)4(7)5-2/h1-2H3,(H,5,7). The van der Waals surface area contributed by atoms with Crippen LogP contribution in [0.3, 0.4) is 0 Å². The molecule has 0 aliphatic carbocycles. The quantitative estimate of drug-likeness (QED) is 0.445. The molecule has 0 spiro atoms. The smallest absolute Gasteiger partial charge is 0.286 e. The lowest BCUT2D eigenvalue weighted by atomic mass is 10.4. The molecular formula is C4H7NO2. The fourth-order valence-corrected chi connectivity index (χ4v) is 0.176. The van der Waals surface area contributed by atoms with Crippen LogP contribution < -0.4 is 5.32 Å². The van der Waals surface area contributed by atoms with Gasteiger partial charge in [-0.15, -0.1) is 0 Å². The molecule has 0 bridgehead atoms. The van der Waals surface area contributed by atoms with Gasteiger partial charge in [0.2, 0.25) is 5.78 Å². The van der Waals surface area contributed by atoms with Crippen molar-refractivity contribution in [3.63, 3.8) is 0 Å². The van der Waals surface area contributed by atoms with Crippen LogP contribution in [-0.4, -0.2) is 18.7 Å². The van der Waals surface area contributed by atoms with E-state index in [1.54, 1.807) is 0 Å². The predicted molar refractivity (Wildman–Crippen MR) is 24.7 cm³/mol. The Bertz CT molecular complexity index is 97.9. The first-order valence-electron chi connectivity index (χ1n) is 1.91. The van der Waals surface area contributed by atoms with Crippen molar-refractivity contribution in [2.45, 2.75) is 6.92 Å². The highest BCUT2D eigenvalue weighted by atomic mass is 16.2. The van der Waals surface area contributed by atoms with Gasteiger partial charge in [0.05, 0.1) is 0 Å². The van der Waals surface area contributed by atoms with E-state index in [-0.39, 0.29) is 0 Å². The Morgan fingerprint density at radius 2 is 1.86 bits per heavy atom. The van der Waals surface area contributed by atoms with Gasteiger partial charge < -0.3 is 5.32 Å². The van der Waals surface area contributed by atoms with Crippen LogP contribution in [0.1, 0.15) is 6.92 Å². The first-order chi connectivity index (χ1) is 3.18. The highest BCUT2D eigenvalue weighted by Crippen LogP contribution is 1.63. The number of carbonyl (C=O) groups is 2. The molecule has 40 valence electrons. The van der Waals surface area contributed by atoms with Crippen molar-refractivity contribution in [2.75, 3.05) is 7.05 Å². The maximum atomic E-state index is 10.1. The molecule has 3 heteroatoms. The molecule has 0 saturated heterocycles. The minimum Gasteiger partial charge on any atom is -0.353 e. The molecule has 3 nitrogen and oxygen atoms in total. The minimum absolute atomic E-state index is 0.456. The number of hydrogen-bond acceptors (Lipinski definition) is 2. The van der Waals surface area contributed by atoms with Crippen molar-refractivity contribution in [1.82, 2.24) is 5.32 Å². The molecule has 7 heavy (non-hydrogen) atoms. The van der Waals surface area contributed by atoms with Gasteiger partial charge in [0.15, 0.2) is 0 Å². The lowest BCUT2D eigenvalue weighted by Crippen LogP contribution is -2.24. The van der Waals surface area contributed by atoms with Crippen LogP contribution >= 0.6 is 0 Å². The van der Waals surface area contributed by atoms with Crippen LogP contribution in [0.4, 0.5) is 0 Å². The van der Waals surface area contributed by atoms with Gasteiger partial charge in [0.25, 0.3) is 5.91 Å². The van der Waals surface area contributed by atoms with Crippen LogP contribution in [-0.2, 0) is 9.59 Å². The molecule has 0 aromatic carbocycles. The number of likely N-dealkylation sites (N-methyl/N-ethyl adjacent to an activating group) is 1. The molecule has 0 aliphatic heterocycles. The Morgan fingerprint density at radius 1 is 1.43 bits per heavy atom. The molecule has 0 unspecified atom stereocenters. The summed E-state index contributed by atoms with van der Waals surface area (Å²) in [4.78, 5) is 20.0. The van der Waals surface area contributed by atoms with Gasteiger partial charge in [-0.2, -0.15) is 0 Å². The highest BCUT2D eigenvalue weighted by Gasteiger charge is 2.00. The van der Waals surface area contributed by atoms with Crippen LogP contribution in [0.5, 0.6) is 0 Å².